The average molecular weight is 241 g/mol. The zero-order valence-electron chi connectivity index (χ0n) is 11.0. The summed E-state index contributed by atoms with van der Waals surface area (Å²) in [5, 5.41) is 9.93. The maximum absolute atomic E-state index is 11.9. The molecular formula is C13H23NO3. The maximum atomic E-state index is 11.9. The van der Waals surface area contributed by atoms with Gasteiger partial charge in [0.05, 0.1) is 6.10 Å². The van der Waals surface area contributed by atoms with E-state index in [1.807, 2.05) is 20.8 Å². The minimum absolute atomic E-state index is 0.235. The van der Waals surface area contributed by atoms with Crippen molar-refractivity contribution < 1.29 is 14.6 Å². The molecule has 2 rings (SSSR count). The molecule has 0 bridgehead atoms. The van der Waals surface area contributed by atoms with Gasteiger partial charge in [-0.05, 0) is 46.0 Å². The van der Waals surface area contributed by atoms with Crippen LogP contribution in [0.4, 0.5) is 4.79 Å². The van der Waals surface area contributed by atoms with Crippen LogP contribution in [0.25, 0.3) is 0 Å². The van der Waals surface area contributed by atoms with Gasteiger partial charge in [-0.2, -0.15) is 0 Å². The van der Waals surface area contributed by atoms with Crippen LogP contribution in [0, 0.1) is 11.8 Å². The molecule has 1 saturated heterocycles. The summed E-state index contributed by atoms with van der Waals surface area (Å²) in [5.41, 5.74) is -0.442. The Morgan fingerprint density at radius 2 is 1.94 bits per heavy atom. The summed E-state index contributed by atoms with van der Waals surface area (Å²) in [7, 11) is 0. The summed E-state index contributed by atoms with van der Waals surface area (Å²) in [5.74, 6) is 0.881. The van der Waals surface area contributed by atoms with Crippen molar-refractivity contribution in [3.05, 3.63) is 0 Å². The number of likely N-dealkylation sites (tertiary alicyclic amines) is 1. The monoisotopic (exact) mass is 241 g/mol. The van der Waals surface area contributed by atoms with Crippen LogP contribution in [-0.2, 0) is 4.74 Å². The number of aliphatic hydroxyl groups excluding tert-OH is 1. The first-order chi connectivity index (χ1) is 7.87. The zero-order chi connectivity index (χ0) is 12.6. The first-order valence-electron chi connectivity index (χ1n) is 6.53. The lowest BCUT2D eigenvalue weighted by atomic mass is 9.90. The lowest BCUT2D eigenvalue weighted by Gasteiger charge is -2.37. The van der Waals surface area contributed by atoms with Gasteiger partial charge < -0.3 is 14.7 Å². The second kappa shape index (κ2) is 4.48. The number of hydrogen-bond donors (Lipinski definition) is 1. The summed E-state index contributed by atoms with van der Waals surface area (Å²) < 4.78 is 5.37. The van der Waals surface area contributed by atoms with Crippen LogP contribution in [-0.4, -0.2) is 40.9 Å². The number of nitrogens with zero attached hydrogens (tertiary/aromatic N) is 1. The molecule has 4 heteroatoms. The molecule has 1 aliphatic carbocycles. The molecule has 1 saturated carbocycles. The van der Waals surface area contributed by atoms with E-state index in [1.165, 1.54) is 12.8 Å². The normalized spacial score (nSPS) is 30.2. The van der Waals surface area contributed by atoms with Gasteiger partial charge in [-0.3, -0.25) is 0 Å². The van der Waals surface area contributed by atoms with Gasteiger partial charge in [-0.25, -0.2) is 4.79 Å². The molecule has 1 N–H and O–H groups in total. The molecule has 1 heterocycles. The minimum Gasteiger partial charge on any atom is -0.444 e. The number of rotatable bonds is 1. The molecule has 98 valence electrons. The van der Waals surface area contributed by atoms with E-state index in [9.17, 15) is 9.90 Å². The molecule has 0 unspecified atom stereocenters. The van der Waals surface area contributed by atoms with Crippen LogP contribution in [0.1, 0.15) is 40.0 Å². The Morgan fingerprint density at radius 3 is 2.47 bits per heavy atom. The van der Waals surface area contributed by atoms with E-state index in [-0.39, 0.29) is 18.1 Å². The summed E-state index contributed by atoms with van der Waals surface area (Å²) in [6.07, 6.45) is 2.60. The highest BCUT2D eigenvalue weighted by Crippen LogP contribution is 2.41. The molecular weight excluding hydrogens is 218 g/mol. The predicted octanol–water partition coefficient (Wildman–Crippen LogP) is 2.01. The molecule has 2 fully saturated rings. The van der Waals surface area contributed by atoms with Crippen LogP contribution in [0.15, 0.2) is 0 Å². The molecule has 1 aliphatic heterocycles. The highest BCUT2D eigenvalue weighted by atomic mass is 16.6. The highest BCUT2D eigenvalue weighted by Gasteiger charge is 2.41. The number of ether oxygens (including phenoxy) is 1. The van der Waals surface area contributed by atoms with Gasteiger partial charge in [0.2, 0.25) is 0 Å². The molecule has 2 atom stereocenters. The number of aliphatic hydroxyl groups is 1. The van der Waals surface area contributed by atoms with E-state index in [0.29, 0.717) is 25.4 Å². The third-order valence-corrected chi connectivity index (χ3v) is 3.50. The van der Waals surface area contributed by atoms with Crippen LogP contribution in [0.2, 0.25) is 0 Å². The number of carbonyl (C=O) groups is 1. The second-order valence-corrected chi connectivity index (χ2v) is 6.28. The Balaban J connectivity index is 1.91. The lowest BCUT2D eigenvalue weighted by molar-refractivity contribution is -0.0128. The SMILES string of the molecule is CC(C)(C)OC(=O)N1CC[C@@H](O)[C@H](C2CC2)C1. The number of hydrogen-bond acceptors (Lipinski definition) is 3. The lowest BCUT2D eigenvalue weighted by Crippen LogP contribution is -2.48. The Kier molecular flexibility index (Phi) is 3.34. The van der Waals surface area contributed by atoms with Crippen LogP contribution in [0.3, 0.4) is 0 Å². The number of carbonyl (C=O) groups excluding carboxylic acids is 1. The van der Waals surface area contributed by atoms with Crippen molar-refractivity contribution in [2.45, 2.75) is 51.7 Å². The Hall–Kier alpha value is -0.770. The molecule has 0 aromatic heterocycles. The number of piperidine rings is 1. The minimum atomic E-state index is -0.442. The van der Waals surface area contributed by atoms with Gasteiger partial charge in [0.15, 0.2) is 0 Å². The van der Waals surface area contributed by atoms with Gasteiger partial charge in [0.25, 0.3) is 0 Å². The molecule has 1 amide bonds. The third-order valence-electron chi connectivity index (χ3n) is 3.50. The highest BCUT2D eigenvalue weighted by molar-refractivity contribution is 5.68. The van der Waals surface area contributed by atoms with Crippen molar-refractivity contribution in [1.82, 2.24) is 4.90 Å². The molecule has 0 aromatic rings. The molecule has 0 spiro atoms. The molecule has 0 radical (unpaired) electrons. The predicted molar refractivity (Wildman–Crippen MR) is 64.6 cm³/mol. The van der Waals surface area contributed by atoms with E-state index < -0.39 is 5.60 Å². The summed E-state index contributed by atoms with van der Waals surface area (Å²) in [6.45, 7) is 6.90. The second-order valence-electron chi connectivity index (χ2n) is 6.28. The summed E-state index contributed by atoms with van der Waals surface area (Å²) >= 11 is 0. The number of amides is 1. The largest absolute Gasteiger partial charge is 0.444 e. The third kappa shape index (κ3) is 3.35. The molecule has 2 aliphatic rings. The van der Waals surface area contributed by atoms with Crippen LogP contribution >= 0.6 is 0 Å². The Morgan fingerprint density at radius 1 is 1.29 bits per heavy atom. The van der Waals surface area contributed by atoms with E-state index in [4.69, 9.17) is 4.74 Å². The van der Waals surface area contributed by atoms with Crippen molar-refractivity contribution in [2.75, 3.05) is 13.1 Å². The van der Waals surface area contributed by atoms with Crippen molar-refractivity contribution in [3.63, 3.8) is 0 Å². The molecule has 4 nitrogen and oxygen atoms in total. The fourth-order valence-electron chi connectivity index (χ4n) is 2.45. The van der Waals surface area contributed by atoms with Gasteiger partial charge in [0, 0.05) is 19.0 Å². The molecule has 17 heavy (non-hydrogen) atoms. The van der Waals surface area contributed by atoms with Gasteiger partial charge in [0.1, 0.15) is 5.60 Å². The van der Waals surface area contributed by atoms with Crippen molar-refractivity contribution >= 4 is 6.09 Å². The van der Waals surface area contributed by atoms with Crippen molar-refractivity contribution in [3.8, 4) is 0 Å². The Labute approximate surface area is 103 Å². The first-order valence-corrected chi connectivity index (χ1v) is 6.53. The topological polar surface area (TPSA) is 49.8 Å². The summed E-state index contributed by atoms with van der Waals surface area (Å²) in [6, 6.07) is 0. The van der Waals surface area contributed by atoms with E-state index in [2.05, 4.69) is 0 Å². The summed E-state index contributed by atoms with van der Waals surface area (Å²) in [4.78, 5) is 13.7. The fraction of sp³-hybridized carbons (Fsp3) is 0.923. The van der Waals surface area contributed by atoms with E-state index in [0.717, 1.165) is 0 Å². The zero-order valence-corrected chi connectivity index (χ0v) is 11.0. The average Bonchev–Trinajstić information content (AvgIpc) is 2.99. The van der Waals surface area contributed by atoms with Crippen molar-refractivity contribution in [1.29, 1.82) is 0 Å². The smallest absolute Gasteiger partial charge is 0.410 e. The van der Waals surface area contributed by atoms with Crippen LogP contribution in [0.5, 0.6) is 0 Å². The quantitative estimate of drug-likeness (QED) is 0.764. The van der Waals surface area contributed by atoms with Crippen LogP contribution < -0.4 is 0 Å². The van der Waals surface area contributed by atoms with Gasteiger partial charge in [-0.1, -0.05) is 0 Å². The maximum Gasteiger partial charge on any atom is 0.410 e. The Bertz CT molecular complexity index is 294. The van der Waals surface area contributed by atoms with Gasteiger partial charge in [-0.15, -0.1) is 0 Å². The first kappa shape index (κ1) is 12.7. The van der Waals surface area contributed by atoms with E-state index in [1.54, 1.807) is 4.90 Å². The van der Waals surface area contributed by atoms with Gasteiger partial charge >= 0.3 is 6.09 Å². The van der Waals surface area contributed by atoms with Crippen molar-refractivity contribution in [2.24, 2.45) is 11.8 Å². The standard InChI is InChI=1S/C13H23NO3/c1-13(2,3)17-12(16)14-7-6-11(15)10(8-14)9-4-5-9/h9-11,15H,4-8H2,1-3H3/t10-,11+/m0/s1. The van der Waals surface area contributed by atoms with E-state index >= 15 is 0 Å². The molecule has 0 aromatic carbocycles. The fourth-order valence-corrected chi connectivity index (χ4v) is 2.45.